The molecular weight excluding hydrogens is 362 g/mol. The van der Waals surface area contributed by atoms with E-state index >= 15 is 0 Å². The Morgan fingerprint density at radius 3 is 2.45 bits per heavy atom. The van der Waals surface area contributed by atoms with Gasteiger partial charge in [-0.2, -0.15) is 0 Å². The molecule has 3 aromatic rings. The number of azide groups is 1. The molecule has 3 rings (SSSR count). The largest absolute Gasteiger partial charge is 0.494 e. The fourth-order valence-corrected chi connectivity index (χ4v) is 3.57. The van der Waals surface area contributed by atoms with Crippen LogP contribution in [-0.4, -0.2) is 11.6 Å². The number of hydrogen-bond donors (Lipinski definition) is 1. The molecule has 1 aromatic heterocycles. The third kappa shape index (κ3) is 5.52. The van der Waals surface area contributed by atoms with Crippen LogP contribution in [0.15, 0.2) is 41.5 Å². The molecule has 0 spiro atoms. The van der Waals surface area contributed by atoms with Crippen molar-refractivity contribution < 1.29 is 4.74 Å². The molecule has 29 heavy (non-hydrogen) atoms. The van der Waals surface area contributed by atoms with Gasteiger partial charge in [-0.25, -0.2) is 4.98 Å². The molecular formula is C23H29N5O. The van der Waals surface area contributed by atoms with E-state index in [0.717, 1.165) is 35.1 Å². The number of rotatable bonds is 11. The number of nitrogen functional groups attached to an aromatic ring is 1. The average Bonchev–Trinajstić information content (AvgIpc) is 2.73. The van der Waals surface area contributed by atoms with Gasteiger partial charge in [0.25, 0.3) is 0 Å². The van der Waals surface area contributed by atoms with E-state index in [-0.39, 0.29) is 0 Å². The van der Waals surface area contributed by atoms with Crippen molar-refractivity contribution in [3.63, 3.8) is 0 Å². The lowest BCUT2D eigenvalue weighted by Gasteiger charge is -2.10. The number of benzene rings is 2. The lowest BCUT2D eigenvalue weighted by atomic mass is 10.1. The highest BCUT2D eigenvalue weighted by atomic mass is 16.5. The summed E-state index contributed by atoms with van der Waals surface area (Å²) in [5.74, 6) is 0.819. The maximum absolute atomic E-state index is 8.61. The van der Waals surface area contributed by atoms with E-state index in [0.29, 0.717) is 16.9 Å². The highest BCUT2D eigenvalue weighted by Gasteiger charge is 2.08. The number of anilines is 1. The van der Waals surface area contributed by atoms with Crippen molar-refractivity contribution in [1.29, 1.82) is 0 Å². The molecule has 0 amide bonds. The fourth-order valence-electron chi connectivity index (χ4n) is 3.57. The van der Waals surface area contributed by atoms with Gasteiger partial charge < -0.3 is 10.5 Å². The van der Waals surface area contributed by atoms with Gasteiger partial charge in [0.05, 0.1) is 23.3 Å². The summed E-state index contributed by atoms with van der Waals surface area (Å²) < 4.78 is 5.94. The summed E-state index contributed by atoms with van der Waals surface area (Å²) in [6, 6.07) is 11.2. The number of hydrogen-bond acceptors (Lipinski definition) is 4. The molecule has 6 nitrogen and oxygen atoms in total. The minimum absolute atomic E-state index is 0.525. The van der Waals surface area contributed by atoms with Gasteiger partial charge in [0, 0.05) is 21.4 Å². The van der Waals surface area contributed by atoms with Crippen LogP contribution in [0.5, 0.6) is 5.75 Å². The van der Waals surface area contributed by atoms with Crippen LogP contribution in [0.4, 0.5) is 11.4 Å². The molecule has 2 aromatic carbocycles. The smallest absolute Gasteiger partial charge is 0.120 e. The molecule has 152 valence electrons. The van der Waals surface area contributed by atoms with E-state index in [1.54, 1.807) is 12.1 Å². The van der Waals surface area contributed by atoms with Crippen LogP contribution >= 0.6 is 0 Å². The molecule has 0 aliphatic carbocycles. The zero-order valence-electron chi connectivity index (χ0n) is 17.1. The van der Waals surface area contributed by atoms with Gasteiger partial charge in [-0.05, 0) is 36.2 Å². The number of nitrogens with two attached hydrogens (primary N) is 1. The molecule has 0 aliphatic heterocycles. The first-order chi connectivity index (χ1) is 14.2. The standard InChI is InChI=1S/C23H29N5O/c1-2-3-4-5-6-7-8-9-14-29-18-11-13-21-20(16-18)23(24)19-12-10-17(27-28-25)15-22(19)26-21/h10-13,15-16H,2-9,14H2,1H3,(H2,24,26). The summed E-state index contributed by atoms with van der Waals surface area (Å²) in [4.78, 5) is 7.48. The van der Waals surface area contributed by atoms with Crippen LogP contribution in [0.3, 0.4) is 0 Å². The summed E-state index contributed by atoms with van der Waals surface area (Å²) in [5, 5.41) is 5.35. The number of pyridine rings is 1. The highest BCUT2D eigenvalue weighted by molar-refractivity contribution is 6.07. The lowest BCUT2D eigenvalue weighted by molar-refractivity contribution is 0.304. The van der Waals surface area contributed by atoms with Crippen molar-refractivity contribution in [3.05, 3.63) is 46.8 Å². The summed E-state index contributed by atoms with van der Waals surface area (Å²) in [5.41, 5.74) is 17.7. The Hall–Kier alpha value is -2.98. The topological polar surface area (TPSA) is 96.9 Å². The predicted octanol–water partition coefficient (Wildman–Crippen LogP) is 7.43. The Kier molecular flexibility index (Phi) is 7.54. The quantitative estimate of drug-likeness (QED) is 0.121. The second-order valence-corrected chi connectivity index (χ2v) is 7.42. The zero-order chi connectivity index (χ0) is 20.5. The molecule has 6 heteroatoms. The number of fused-ring (bicyclic) bond motifs is 2. The summed E-state index contributed by atoms with van der Waals surface area (Å²) >= 11 is 0. The minimum Gasteiger partial charge on any atom is -0.494 e. The van der Waals surface area contributed by atoms with Crippen LogP contribution in [0.1, 0.15) is 58.3 Å². The Balaban J connectivity index is 1.61. The third-order valence-corrected chi connectivity index (χ3v) is 5.20. The first-order valence-electron chi connectivity index (χ1n) is 10.5. The minimum atomic E-state index is 0.525. The van der Waals surface area contributed by atoms with Gasteiger partial charge in [0.1, 0.15) is 5.75 Å². The maximum atomic E-state index is 8.61. The second kappa shape index (κ2) is 10.5. The second-order valence-electron chi connectivity index (χ2n) is 7.42. The molecule has 1 heterocycles. The molecule has 0 saturated heterocycles. The first-order valence-corrected chi connectivity index (χ1v) is 10.5. The Morgan fingerprint density at radius 1 is 0.931 bits per heavy atom. The van der Waals surface area contributed by atoms with E-state index in [1.165, 1.54) is 44.9 Å². The van der Waals surface area contributed by atoms with Crippen molar-refractivity contribution in [2.24, 2.45) is 5.11 Å². The van der Waals surface area contributed by atoms with E-state index in [9.17, 15) is 0 Å². The van der Waals surface area contributed by atoms with Crippen molar-refractivity contribution in [3.8, 4) is 5.75 Å². The Morgan fingerprint density at radius 2 is 1.69 bits per heavy atom. The molecule has 0 aliphatic rings. The van der Waals surface area contributed by atoms with Crippen molar-refractivity contribution in [2.75, 3.05) is 12.3 Å². The maximum Gasteiger partial charge on any atom is 0.120 e. The van der Waals surface area contributed by atoms with Crippen molar-refractivity contribution >= 4 is 33.2 Å². The number of aromatic nitrogens is 1. The monoisotopic (exact) mass is 391 g/mol. The van der Waals surface area contributed by atoms with Crippen LogP contribution in [-0.2, 0) is 0 Å². The van der Waals surface area contributed by atoms with Gasteiger partial charge in [-0.3, -0.25) is 0 Å². The van der Waals surface area contributed by atoms with E-state index in [4.69, 9.17) is 16.0 Å². The molecule has 0 bridgehead atoms. The molecule has 0 atom stereocenters. The van der Waals surface area contributed by atoms with Gasteiger partial charge >= 0.3 is 0 Å². The first kappa shape index (κ1) is 20.7. The highest BCUT2D eigenvalue weighted by Crippen LogP contribution is 2.32. The predicted molar refractivity (Wildman–Crippen MR) is 121 cm³/mol. The summed E-state index contributed by atoms with van der Waals surface area (Å²) in [7, 11) is 0. The lowest BCUT2D eigenvalue weighted by Crippen LogP contribution is -1.98. The molecule has 0 fully saturated rings. The Bertz CT molecular complexity index is 1010. The normalized spacial score (nSPS) is 10.9. The number of unbranched alkanes of at least 4 members (excludes halogenated alkanes) is 7. The van der Waals surface area contributed by atoms with Crippen LogP contribution in [0, 0.1) is 0 Å². The molecule has 0 radical (unpaired) electrons. The molecule has 0 unspecified atom stereocenters. The summed E-state index contributed by atoms with van der Waals surface area (Å²) in [6.45, 7) is 2.97. The van der Waals surface area contributed by atoms with E-state index in [1.807, 2.05) is 24.3 Å². The van der Waals surface area contributed by atoms with Gasteiger partial charge in [-0.1, -0.05) is 69.1 Å². The average molecular weight is 392 g/mol. The number of nitrogens with zero attached hydrogens (tertiary/aromatic N) is 4. The van der Waals surface area contributed by atoms with Gasteiger partial charge in [0.2, 0.25) is 0 Å². The van der Waals surface area contributed by atoms with Gasteiger partial charge in [0.15, 0.2) is 0 Å². The molecule has 0 saturated carbocycles. The summed E-state index contributed by atoms with van der Waals surface area (Å²) in [6.07, 6.45) is 10.3. The van der Waals surface area contributed by atoms with Crippen molar-refractivity contribution in [1.82, 2.24) is 4.98 Å². The molecule has 2 N–H and O–H groups in total. The zero-order valence-corrected chi connectivity index (χ0v) is 17.1. The van der Waals surface area contributed by atoms with E-state index < -0.39 is 0 Å². The van der Waals surface area contributed by atoms with Crippen LogP contribution in [0.25, 0.3) is 32.2 Å². The Labute approximate surface area is 171 Å². The number of ether oxygens (including phenoxy) is 1. The third-order valence-electron chi connectivity index (χ3n) is 5.20. The van der Waals surface area contributed by atoms with Crippen molar-refractivity contribution in [2.45, 2.75) is 58.3 Å². The van der Waals surface area contributed by atoms with Crippen LogP contribution < -0.4 is 10.5 Å². The van der Waals surface area contributed by atoms with E-state index in [2.05, 4.69) is 21.9 Å². The van der Waals surface area contributed by atoms with Crippen LogP contribution in [0.2, 0.25) is 0 Å². The SMILES string of the molecule is CCCCCCCCCCOc1ccc2nc3cc(N=[N+]=[N-])ccc3c(N)c2c1. The fraction of sp³-hybridized carbons (Fsp3) is 0.435. The van der Waals surface area contributed by atoms with Gasteiger partial charge in [-0.15, -0.1) is 0 Å².